The summed E-state index contributed by atoms with van der Waals surface area (Å²) in [5.74, 6) is 0.104. The van der Waals surface area contributed by atoms with Crippen LogP contribution in [0.1, 0.15) is 48.2 Å². The van der Waals surface area contributed by atoms with Gasteiger partial charge < -0.3 is 9.80 Å². The normalized spacial score (nSPS) is 14.7. The maximum atomic E-state index is 12.8. The van der Waals surface area contributed by atoms with Crippen LogP contribution >= 0.6 is 0 Å². The molecule has 0 aromatic heterocycles. The fraction of sp³-hybridized carbons (Fsp3) is 0.367. The van der Waals surface area contributed by atoms with E-state index >= 15 is 0 Å². The molecule has 0 atom stereocenters. The molecule has 178 valence electrons. The van der Waals surface area contributed by atoms with E-state index in [1.807, 2.05) is 30.9 Å². The molecule has 1 aliphatic heterocycles. The van der Waals surface area contributed by atoms with Crippen LogP contribution in [0.2, 0.25) is 0 Å². The lowest BCUT2D eigenvalue weighted by Gasteiger charge is -2.40. The first-order chi connectivity index (χ1) is 16.6. The predicted octanol–water partition coefficient (Wildman–Crippen LogP) is 6.28. The summed E-state index contributed by atoms with van der Waals surface area (Å²) in [4.78, 5) is 19.7. The Bertz CT molecular complexity index is 1030. The monoisotopic (exact) mass is 455 g/mol. The summed E-state index contributed by atoms with van der Waals surface area (Å²) in [6.45, 7) is 10.8. The average molecular weight is 456 g/mol. The number of rotatable bonds is 8. The van der Waals surface area contributed by atoms with E-state index in [0.29, 0.717) is 6.04 Å². The first-order valence-corrected chi connectivity index (χ1v) is 12.6. The maximum absolute atomic E-state index is 12.8. The number of carbonyl (C=O) groups is 1. The molecule has 1 amide bonds. The second-order valence-electron chi connectivity index (χ2n) is 9.22. The van der Waals surface area contributed by atoms with Crippen LogP contribution in [-0.2, 0) is 6.54 Å². The molecule has 3 aromatic rings. The van der Waals surface area contributed by atoms with Crippen LogP contribution in [0, 0.1) is 6.92 Å². The average Bonchev–Trinajstić information content (AvgIpc) is 2.88. The van der Waals surface area contributed by atoms with Gasteiger partial charge in [-0.1, -0.05) is 48.0 Å². The highest BCUT2D eigenvalue weighted by atomic mass is 16.2. The van der Waals surface area contributed by atoms with Crippen molar-refractivity contribution in [1.29, 1.82) is 0 Å². The second-order valence-corrected chi connectivity index (χ2v) is 9.22. The van der Waals surface area contributed by atoms with Gasteiger partial charge in [-0.15, -0.1) is 0 Å². The number of carbonyl (C=O) groups excluding carboxylic acids is 1. The molecular weight excluding hydrogens is 418 g/mol. The number of benzene rings is 3. The van der Waals surface area contributed by atoms with E-state index in [2.05, 4.69) is 83.5 Å². The summed E-state index contributed by atoms with van der Waals surface area (Å²) >= 11 is 0. The Balaban J connectivity index is 1.52. The van der Waals surface area contributed by atoms with Crippen molar-refractivity contribution in [2.24, 2.45) is 0 Å². The summed E-state index contributed by atoms with van der Waals surface area (Å²) in [5.41, 5.74) is 5.77. The third kappa shape index (κ3) is 5.68. The first kappa shape index (κ1) is 24.0. The Labute approximate surface area is 204 Å². The Kier molecular flexibility index (Phi) is 8.02. The quantitative estimate of drug-likeness (QED) is 0.400. The van der Waals surface area contributed by atoms with Crippen LogP contribution in [0.15, 0.2) is 78.9 Å². The molecule has 1 saturated heterocycles. The largest absolute Gasteiger partial charge is 0.339 e. The lowest BCUT2D eigenvalue weighted by atomic mass is 10.00. The lowest BCUT2D eigenvalue weighted by Crippen LogP contribution is -2.42. The number of piperidine rings is 1. The van der Waals surface area contributed by atoms with Crippen LogP contribution in [0.25, 0.3) is 0 Å². The summed E-state index contributed by atoms with van der Waals surface area (Å²) in [6, 6.07) is 28.2. The molecule has 34 heavy (non-hydrogen) atoms. The van der Waals surface area contributed by atoms with Crippen LogP contribution in [-0.4, -0.2) is 47.9 Å². The second kappa shape index (κ2) is 11.3. The molecule has 3 aromatic carbocycles. The molecule has 1 aliphatic rings. The number of hydrogen-bond acceptors (Lipinski definition) is 3. The topological polar surface area (TPSA) is 26.8 Å². The number of aryl methyl sites for hydroxylation is 1. The fourth-order valence-corrected chi connectivity index (χ4v) is 4.91. The van der Waals surface area contributed by atoms with Crippen molar-refractivity contribution < 1.29 is 4.79 Å². The van der Waals surface area contributed by atoms with Crippen molar-refractivity contribution >= 4 is 17.3 Å². The molecule has 4 rings (SSSR count). The number of anilines is 2. The molecule has 1 heterocycles. The van der Waals surface area contributed by atoms with E-state index in [4.69, 9.17) is 0 Å². The van der Waals surface area contributed by atoms with E-state index in [-0.39, 0.29) is 5.91 Å². The molecular formula is C30H37N3O. The lowest BCUT2D eigenvalue weighted by molar-refractivity contribution is 0.0773. The molecule has 0 N–H and O–H groups in total. The van der Waals surface area contributed by atoms with E-state index in [1.54, 1.807) is 0 Å². The molecule has 0 radical (unpaired) electrons. The van der Waals surface area contributed by atoms with Crippen molar-refractivity contribution in [2.45, 2.75) is 46.2 Å². The van der Waals surface area contributed by atoms with Gasteiger partial charge in [0.05, 0.1) is 0 Å². The van der Waals surface area contributed by atoms with Gasteiger partial charge in [0.15, 0.2) is 0 Å². The van der Waals surface area contributed by atoms with Crippen molar-refractivity contribution in [3.8, 4) is 0 Å². The maximum Gasteiger partial charge on any atom is 0.253 e. The van der Waals surface area contributed by atoms with Gasteiger partial charge in [0.2, 0.25) is 0 Å². The highest BCUT2D eigenvalue weighted by molar-refractivity contribution is 5.94. The number of hydrogen-bond donors (Lipinski definition) is 0. The highest BCUT2D eigenvalue weighted by Crippen LogP contribution is 2.33. The van der Waals surface area contributed by atoms with Gasteiger partial charge in [-0.05, 0) is 75.6 Å². The van der Waals surface area contributed by atoms with Crippen LogP contribution in [0.3, 0.4) is 0 Å². The molecule has 1 fully saturated rings. The van der Waals surface area contributed by atoms with Crippen LogP contribution in [0.4, 0.5) is 11.4 Å². The fourth-order valence-electron chi connectivity index (χ4n) is 4.91. The molecule has 0 bridgehead atoms. The SMILES string of the molecule is CCN(CC)C(=O)c1ccc(N(c2ccc(C)cc2)C2CCN(Cc3ccccc3)CC2)cc1. The zero-order valence-electron chi connectivity index (χ0n) is 20.8. The van der Waals surface area contributed by atoms with Crippen molar-refractivity contribution in [3.63, 3.8) is 0 Å². The smallest absolute Gasteiger partial charge is 0.253 e. The Morgan fingerprint density at radius 1 is 0.824 bits per heavy atom. The van der Waals surface area contributed by atoms with Crippen molar-refractivity contribution in [3.05, 3.63) is 95.6 Å². The standard InChI is InChI=1S/C30H37N3O/c1-4-32(5-2)30(34)26-13-17-28(18-14-26)33(27-15-11-24(3)12-16-27)29-19-21-31(22-20-29)23-25-9-7-6-8-10-25/h6-18,29H,4-5,19-23H2,1-3H3. The van der Waals surface area contributed by atoms with Crippen molar-refractivity contribution in [1.82, 2.24) is 9.80 Å². The molecule has 0 aliphatic carbocycles. The third-order valence-electron chi connectivity index (χ3n) is 6.93. The van der Waals surface area contributed by atoms with E-state index in [1.165, 1.54) is 16.8 Å². The minimum atomic E-state index is 0.104. The summed E-state index contributed by atoms with van der Waals surface area (Å²) in [5, 5.41) is 0. The minimum absolute atomic E-state index is 0.104. The van der Waals surface area contributed by atoms with E-state index in [0.717, 1.165) is 56.8 Å². The van der Waals surface area contributed by atoms with Gasteiger partial charge >= 0.3 is 0 Å². The van der Waals surface area contributed by atoms with Gasteiger partial charge in [0.1, 0.15) is 0 Å². The Hall–Kier alpha value is -3.11. The molecule has 4 nitrogen and oxygen atoms in total. The van der Waals surface area contributed by atoms with E-state index < -0.39 is 0 Å². The molecule has 4 heteroatoms. The molecule has 0 saturated carbocycles. The summed E-state index contributed by atoms with van der Waals surface area (Å²) in [6.07, 6.45) is 2.22. The van der Waals surface area contributed by atoms with Crippen molar-refractivity contribution in [2.75, 3.05) is 31.1 Å². The van der Waals surface area contributed by atoms with Gasteiger partial charge in [-0.25, -0.2) is 0 Å². The Morgan fingerprint density at radius 2 is 1.38 bits per heavy atom. The highest BCUT2D eigenvalue weighted by Gasteiger charge is 2.26. The number of nitrogens with zero attached hydrogens (tertiary/aromatic N) is 3. The van der Waals surface area contributed by atoms with E-state index in [9.17, 15) is 4.79 Å². The summed E-state index contributed by atoms with van der Waals surface area (Å²) in [7, 11) is 0. The predicted molar refractivity (Wildman–Crippen MR) is 142 cm³/mol. The van der Waals surface area contributed by atoms with Gasteiger partial charge in [0, 0.05) is 55.7 Å². The zero-order chi connectivity index (χ0) is 23.9. The van der Waals surface area contributed by atoms with Gasteiger partial charge in [-0.3, -0.25) is 9.69 Å². The minimum Gasteiger partial charge on any atom is -0.339 e. The third-order valence-corrected chi connectivity index (χ3v) is 6.93. The summed E-state index contributed by atoms with van der Waals surface area (Å²) < 4.78 is 0. The van der Waals surface area contributed by atoms with Gasteiger partial charge in [-0.2, -0.15) is 0 Å². The number of amides is 1. The number of likely N-dealkylation sites (tertiary alicyclic amines) is 1. The van der Waals surface area contributed by atoms with Crippen LogP contribution < -0.4 is 4.90 Å². The zero-order valence-corrected chi connectivity index (χ0v) is 20.8. The first-order valence-electron chi connectivity index (χ1n) is 12.6. The molecule has 0 unspecified atom stereocenters. The van der Waals surface area contributed by atoms with Crippen LogP contribution in [0.5, 0.6) is 0 Å². The van der Waals surface area contributed by atoms with Gasteiger partial charge in [0.25, 0.3) is 5.91 Å². The Morgan fingerprint density at radius 3 is 1.94 bits per heavy atom. The molecule has 0 spiro atoms.